The smallest absolute Gasteiger partial charge is 0.270 e. The quantitative estimate of drug-likeness (QED) is 0.457. The molecule has 9 heteroatoms. The first-order valence-electron chi connectivity index (χ1n) is 8.17. The summed E-state index contributed by atoms with van der Waals surface area (Å²) in [6.45, 7) is 2.16. The van der Waals surface area contributed by atoms with Crippen molar-refractivity contribution in [1.29, 1.82) is 0 Å². The Morgan fingerprint density at radius 1 is 1.19 bits per heavy atom. The molecular weight excluding hydrogens is 394 g/mol. The number of nitro groups is 1. The second kappa shape index (κ2) is 6.78. The van der Waals surface area contributed by atoms with Gasteiger partial charge in [-0.15, -0.1) is 0 Å². The zero-order valence-corrected chi connectivity index (χ0v) is 16.2. The van der Waals surface area contributed by atoms with Crippen molar-refractivity contribution in [1.82, 2.24) is 0 Å². The fraction of sp³-hybridized carbons (Fsp3) is 0.333. The first kappa shape index (κ1) is 19.6. The minimum Gasteiger partial charge on any atom is -0.457 e. The van der Waals surface area contributed by atoms with E-state index in [0.717, 1.165) is 0 Å². The Labute approximate surface area is 161 Å². The third-order valence-electron chi connectivity index (χ3n) is 5.01. The predicted molar refractivity (Wildman–Crippen MR) is 101 cm³/mol. The first-order valence-corrected chi connectivity index (χ1v) is 9.99. The molecule has 0 unspecified atom stereocenters. The van der Waals surface area contributed by atoms with Crippen LogP contribution in [0.5, 0.6) is 11.5 Å². The average molecular weight is 412 g/mol. The second-order valence-corrected chi connectivity index (χ2v) is 9.44. The van der Waals surface area contributed by atoms with Crippen LogP contribution in [-0.4, -0.2) is 29.2 Å². The zero-order chi connectivity index (χ0) is 20.0. The summed E-state index contributed by atoms with van der Waals surface area (Å²) in [5, 5.41) is 11.8. The highest BCUT2D eigenvalue weighted by molar-refractivity contribution is 7.87. The molecular formula is C18H18ClNO6S. The highest BCUT2D eigenvalue weighted by atomic mass is 35.5. The highest BCUT2D eigenvalue weighted by Gasteiger charge is 2.50. The van der Waals surface area contributed by atoms with E-state index >= 15 is 0 Å². The molecule has 3 rings (SSSR count). The van der Waals surface area contributed by atoms with Gasteiger partial charge in [-0.25, -0.2) is 0 Å². The van der Waals surface area contributed by atoms with Gasteiger partial charge in [-0.1, -0.05) is 29.8 Å². The summed E-state index contributed by atoms with van der Waals surface area (Å²) < 4.78 is 38.6. The normalized spacial score (nSPS) is 19.4. The summed E-state index contributed by atoms with van der Waals surface area (Å²) >= 11 is 6.12. The van der Waals surface area contributed by atoms with E-state index in [4.69, 9.17) is 16.3 Å². The van der Waals surface area contributed by atoms with Crippen molar-refractivity contribution in [3.8, 4) is 11.5 Å². The van der Waals surface area contributed by atoms with E-state index in [1.165, 1.54) is 19.9 Å². The number of ether oxygens (including phenoxy) is 1. The van der Waals surface area contributed by atoms with Crippen molar-refractivity contribution < 1.29 is 22.6 Å². The molecule has 0 radical (unpaired) electrons. The van der Waals surface area contributed by atoms with Crippen molar-refractivity contribution >= 4 is 21.7 Å². The predicted octanol–water partition coefficient (Wildman–Crippen LogP) is 4.26. The van der Waals surface area contributed by atoms with Gasteiger partial charge in [-0.05, 0) is 38.1 Å². The first-order chi connectivity index (χ1) is 12.5. The molecule has 1 heterocycles. The maximum Gasteiger partial charge on any atom is 0.270 e. The molecule has 1 aliphatic heterocycles. The molecule has 0 amide bonds. The van der Waals surface area contributed by atoms with Gasteiger partial charge in [0.05, 0.1) is 10.7 Å². The molecule has 0 fully saturated rings. The summed E-state index contributed by atoms with van der Waals surface area (Å²) in [6, 6.07) is 11.5. The minimum atomic E-state index is -4.57. The highest BCUT2D eigenvalue weighted by Crippen LogP contribution is 2.52. The lowest BCUT2D eigenvalue weighted by atomic mass is 9.74. The van der Waals surface area contributed by atoms with Gasteiger partial charge >= 0.3 is 0 Å². The van der Waals surface area contributed by atoms with Crippen molar-refractivity contribution in [2.24, 2.45) is 0 Å². The summed E-state index contributed by atoms with van der Waals surface area (Å²) in [6.07, 6.45) is 0. The number of hydrogen-bond donors (Lipinski definition) is 1. The molecule has 2 atom stereocenters. The maximum atomic E-state index is 12.2. The fourth-order valence-electron chi connectivity index (χ4n) is 3.63. The molecule has 0 bridgehead atoms. The lowest BCUT2D eigenvalue weighted by molar-refractivity contribution is -0.484. The van der Waals surface area contributed by atoms with Crippen LogP contribution in [0.2, 0.25) is 5.02 Å². The van der Waals surface area contributed by atoms with E-state index in [1.54, 1.807) is 36.4 Å². The Kier molecular flexibility index (Phi) is 4.92. The van der Waals surface area contributed by atoms with Crippen molar-refractivity contribution in [3.05, 3.63) is 68.7 Å². The summed E-state index contributed by atoms with van der Waals surface area (Å²) in [7, 11) is -4.57. The van der Waals surface area contributed by atoms with Crippen molar-refractivity contribution in [2.75, 3.05) is 6.54 Å². The Morgan fingerprint density at radius 2 is 1.81 bits per heavy atom. The molecule has 1 N–H and O–H groups in total. The van der Waals surface area contributed by atoms with Gasteiger partial charge in [-0.3, -0.25) is 14.7 Å². The van der Waals surface area contributed by atoms with Crippen LogP contribution in [-0.2, 0) is 10.1 Å². The van der Waals surface area contributed by atoms with Crippen LogP contribution in [0.3, 0.4) is 0 Å². The third kappa shape index (κ3) is 3.52. The van der Waals surface area contributed by atoms with Crippen LogP contribution in [0, 0.1) is 10.1 Å². The van der Waals surface area contributed by atoms with E-state index in [2.05, 4.69) is 0 Å². The zero-order valence-electron chi connectivity index (χ0n) is 14.6. The van der Waals surface area contributed by atoms with Crippen LogP contribution in [0.25, 0.3) is 0 Å². The molecule has 2 aromatic rings. The van der Waals surface area contributed by atoms with Gasteiger partial charge in [0.2, 0.25) is 6.54 Å². The second-order valence-electron chi connectivity index (χ2n) is 7.00. The molecule has 7 nitrogen and oxygen atoms in total. The Hall–Kier alpha value is -2.16. The molecule has 0 saturated heterocycles. The van der Waals surface area contributed by atoms with Gasteiger partial charge in [0.25, 0.3) is 10.1 Å². The number of benzene rings is 2. The van der Waals surface area contributed by atoms with Crippen LogP contribution in [0.1, 0.15) is 36.8 Å². The number of fused-ring (bicyclic) bond motifs is 2. The van der Waals surface area contributed by atoms with E-state index in [9.17, 15) is 23.1 Å². The molecule has 0 saturated carbocycles. The Bertz CT molecular complexity index is 1000. The molecule has 0 spiro atoms. The standard InChI is InChI=1S/C18H18ClNO6S/c1-18(2,27(23,24)25)17-13-9-11(19)7-8-16(13)26-15-6-4-3-5-12(15)14(17)10-20(21)22/h3-9,14,17H,10H2,1-2H3,(H,23,24,25)/t14-,17-/m0/s1. The summed E-state index contributed by atoms with van der Waals surface area (Å²) in [4.78, 5) is 10.9. The van der Waals surface area contributed by atoms with Crippen LogP contribution in [0.4, 0.5) is 0 Å². The summed E-state index contributed by atoms with van der Waals surface area (Å²) in [5.74, 6) is -1.07. The van der Waals surface area contributed by atoms with Crippen molar-refractivity contribution in [3.63, 3.8) is 0 Å². The Morgan fingerprint density at radius 3 is 2.44 bits per heavy atom. The van der Waals surface area contributed by atoms with Crippen LogP contribution < -0.4 is 4.74 Å². The number of halogens is 1. The minimum absolute atomic E-state index is 0.333. The van der Waals surface area contributed by atoms with Gasteiger partial charge in [-0.2, -0.15) is 8.42 Å². The van der Waals surface area contributed by atoms with Gasteiger partial charge < -0.3 is 4.74 Å². The van der Waals surface area contributed by atoms with E-state index in [-0.39, 0.29) is 0 Å². The van der Waals surface area contributed by atoms with Crippen LogP contribution >= 0.6 is 11.6 Å². The van der Waals surface area contributed by atoms with E-state index in [1.807, 2.05) is 0 Å². The van der Waals surface area contributed by atoms with Crippen LogP contribution in [0.15, 0.2) is 42.5 Å². The fourth-order valence-corrected chi connectivity index (χ4v) is 4.43. The van der Waals surface area contributed by atoms with E-state index < -0.39 is 38.2 Å². The molecule has 1 aliphatic rings. The SMILES string of the molecule is CC(C)([C@H]1c2cc(Cl)ccc2Oc2ccccc2[C@@H]1C[N+](=O)[O-])S(=O)(=O)O. The van der Waals surface area contributed by atoms with Gasteiger partial charge in [0, 0.05) is 27.0 Å². The molecule has 27 heavy (non-hydrogen) atoms. The Balaban J connectivity index is 2.37. The lowest BCUT2D eigenvalue weighted by Crippen LogP contribution is -2.42. The molecule has 0 aliphatic carbocycles. The number of nitrogens with zero attached hydrogens (tertiary/aromatic N) is 1. The monoisotopic (exact) mass is 411 g/mol. The van der Waals surface area contributed by atoms with Gasteiger partial charge in [0.15, 0.2) is 0 Å². The number of rotatable bonds is 4. The molecule has 144 valence electrons. The lowest BCUT2D eigenvalue weighted by Gasteiger charge is -2.35. The molecule has 0 aromatic heterocycles. The maximum absolute atomic E-state index is 12.2. The topological polar surface area (TPSA) is 107 Å². The summed E-state index contributed by atoms with van der Waals surface area (Å²) in [5.41, 5.74) is 0.899. The third-order valence-corrected chi connectivity index (χ3v) is 6.83. The number of hydrogen-bond acceptors (Lipinski definition) is 5. The van der Waals surface area contributed by atoms with E-state index in [0.29, 0.717) is 27.6 Å². The van der Waals surface area contributed by atoms with Gasteiger partial charge in [0.1, 0.15) is 11.5 Å². The number of para-hydroxylation sites is 1. The average Bonchev–Trinajstić information content (AvgIpc) is 2.68. The molecule has 2 aromatic carbocycles. The largest absolute Gasteiger partial charge is 0.457 e. The van der Waals surface area contributed by atoms with Crippen molar-refractivity contribution in [2.45, 2.75) is 30.4 Å².